The van der Waals surface area contributed by atoms with E-state index in [0.717, 1.165) is 19.3 Å². The van der Waals surface area contributed by atoms with Crippen LogP contribution in [0.4, 0.5) is 0 Å². The second kappa shape index (κ2) is 6.03. The van der Waals surface area contributed by atoms with E-state index in [1.807, 2.05) is 0 Å². The maximum Gasteiger partial charge on any atom is 0.218 e. The van der Waals surface area contributed by atoms with Crippen LogP contribution in [-0.4, -0.2) is 5.91 Å². The summed E-state index contributed by atoms with van der Waals surface area (Å²) in [6.45, 7) is 2.22. The second-order valence-electron chi connectivity index (χ2n) is 5.40. The van der Waals surface area contributed by atoms with Gasteiger partial charge in [0.15, 0.2) is 0 Å². The summed E-state index contributed by atoms with van der Waals surface area (Å²) in [6.07, 6.45) is 7.55. The predicted octanol–water partition coefficient (Wildman–Crippen LogP) is 3.32. The molecule has 1 atom stereocenters. The van der Waals surface area contributed by atoms with Crippen molar-refractivity contribution in [2.75, 3.05) is 0 Å². The average Bonchev–Trinajstić information content (AvgIpc) is 2.36. The number of carbonyl (C=O) groups excluding carboxylic acids is 1. The lowest BCUT2D eigenvalue weighted by Crippen LogP contribution is -2.19. The van der Waals surface area contributed by atoms with Gasteiger partial charge in [0.05, 0.1) is 0 Å². The summed E-state index contributed by atoms with van der Waals surface area (Å²) in [6, 6.07) is 6.83. The molecule has 1 aromatic carbocycles. The highest BCUT2D eigenvalue weighted by Crippen LogP contribution is 2.34. The largest absolute Gasteiger partial charge is 0.370 e. The minimum absolute atomic E-state index is 0.174. The molecule has 2 rings (SSSR count). The third kappa shape index (κ3) is 3.12. The van der Waals surface area contributed by atoms with Crippen LogP contribution in [0.1, 0.15) is 61.6 Å². The summed E-state index contributed by atoms with van der Waals surface area (Å²) in [5.41, 5.74) is 9.58. The fourth-order valence-corrected chi connectivity index (χ4v) is 2.94. The highest BCUT2D eigenvalue weighted by atomic mass is 16.1. The van der Waals surface area contributed by atoms with E-state index in [9.17, 15) is 4.79 Å². The molecule has 1 aliphatic rings. The van der Waals surface area contributed by atoms with Crippen molar-refractivity contribution in [3.8, 4) is 0 Å². The zero-order valence-electron chi connectivity index (χ0n) is 11.2. The molecule has 1 aliphatic carbocycles. The van der Waals surface area contributed by atoms with E-state index in [1.165, 1.54) is 36.0 Å². The molecular formula is C16H23NO. The van der Waals surface area contributed by atoms with Crippen molar-refractivity contribution >= 4 is 5.91 Å². The molecule has 2 nitrogen and oxygen atoms in total. The van der Waals surface area contributed by atoms with Gasteiger partial charge in [-0.1, -0.05) is 31.5 Å². The molecule has 0 saturated heterocycles. The van der Waals surface area contributed by atoms with Crippen LogP contribution in [0, 0.1) is 0 Å². The van der Waals surface area contributed by atoms with Crippen LogP contribution in [0.15, 0.2) is 18.2 Å². The Kier molecular flexibility index (Phi) is 4.40. The number of aryl methyl sites for hydroxylation is 2. The van der Waals surface area contributed by atoms with Crippen molar-refractivity contribution in [2.45, 2.75) is 57.8 Å². The Labute approximate surface area is 110 Å². The molecule has 1 aromatic rings. The van der Waals surface area contributed by atoms with Crippen LogP contribution >= 0.6 is 0 Å². The lowest BCUT2D eigenvalue weighted by atomic mass is 9.80. The second-order valence-corrected chi connectivity index (χ2v) is 5.40. The Morgan fingerprint density at radius 2 is 2.28 bits per heavy atom. The van der Waals surface area contributed by atoms with Crippen LogP contribution < -0.4 is 5.73 Å². The van der Waals surface area contributed by atoms with Gasteiger partial charge in [-0.2, -0.15) is 0 Å². The van der Waals surface area contributed by atoms with E-state index in [0.29, 0.717) is 12.3 Å². The number of primary amides is 1. The molecule has 0 aromatic heterocycles. The van der Waals surface area contributed by atoms with Gasteiger partial charge in [0.1, 0.15) is 0 Å². The highest BCUT2D eigenvalue weighted by molar-refractivity contribution is 5.75. The number of hydrogen-bond acceptors (Lipinski definition) is 1. The standard InChI is InChI=1S/C16H23NO/c1-2-3-5-12-8-9-13-6-4-7-14(11-16(17)18)15(13)10-12/h8-10,14H,2-7,11H2,1H3,(H2,17,18). The van der Waals surface area contributed by atoms with Gasteiger partial charge < -0.3 is 5.73 Å². The van der Waals surface area contributed by atoms with E-state index in [4.69, 9.17) is 5.73 Å². The zero-order valence-corrected chi connectivity index (χ0v) is 11.2. The number of hydrogen-bond donors (Lipinski definition) is 1. The van der Waals surface area contributed by atoms with Crippen molar-refractivity contribution in [1.29, 1.82) is 0 Å². The van der Waals surface area contributed by atoms with E-state index in [1.54, 1.807) is 0 Å². The van der Waals surface area contributed by atoms with Crippen LogP contribution in [0.5, 0.6) is 0 Å². The molecular weight excluding hydrogens is 222 g/mol. The van der Waals surface area contributed by atoms with Crippen LogP contribution in [0.3, 0.4) is 0 Å². The highest BCUT2D eigenvalue weighted by Gasteiger charge is 2.21. The van der Waals surface area contributed by atoms with Gasteiger partial charge in [0.25, 0.3) is 0 Å². The third-order valence-electron chi connectivity index (χ3n) is 3.92. The molecule has 0 fully saturated rings. The van der Waals surface area contributed by atoms with Gasteiger partial charge in [-0.3, -0.25) is 4.79 Å². The molecule has 2 heteroatoms. The molecule has 1 amide bonds. The van der Waals surface area contributed by atoms with Crippen LogP contribution in [-0.2, 0) is 17.6 Å². The smallest absolute Gasteiger partial charge is 0.218 e. The summed E-state index contributed by atoms with van der Waals surface area (Å²) in [5.74, 6) is 0.180. The Balaban J connectivity index is 2.20. The molecule has 1 unspecified atom stereocenters. The van der Waals surface area contributed by atoms with Crippen molar-refractivity contribution in [3.05, 3.63) is 34.9 Å². The average molecular weight is 245 g/mol. The normalized spacial score (nSPS) is 18.4. The molecule has 0 radical (unpaired) electrons. The van der Waals surface area contributed by atoms with Crippen molar-refractivity contribution in [3.63, 3.8) is 0 Å². The third-order valence-corrected chi connectivity index (χ3v) is 3.92. The summed E-state index contributed by atoms with van der Waals surface area (Å²) < 4.78 is 0. The number of carbonyl (C=O) groups is 1. The van der Waals surface area contributed by atoms with Gasteiger partial charge in [0, 0.05) is 6.42 Å². The Hall–Kier alpha value is -1.31. The molecule has 2 N–H and O–H groups in total. The summed E-state index contributed by atoms with van der Waals surface area (Å²) in [4.78, 5) is 11.2. The first kappa shape index (κ1) is 13.1. The topological polar surface area (TPSA) is 43.1 Å². The van der Waals surface area contributed by atoms with E-state index in [-0.39, 0.29) is 5.91 Å². The van der Waals surface area contributed by atoms with Crippen LogP contribution in [0.25, 0.3) is 0 Å². The lowest BCUT2D eigenvalue weighted by molar-refractivity contribution is -0.118. The van der Waals surface area contributed by atoms with Crippen molar-refractivity contribution in [2.24, 2.45) is 5.73 Å². The fraction of sp³-hybridized carbons (Fsp3) is 0.562. The van der Waals surface area contributed by atoms with Gasteiger partial charge in [-0.05, 0) is 54.7 Å². The molecule has 0 heterocycles. The maximum absolute atomic E-state index is 11.2. The molecule has 0 saturated carbocycles. The first-order valence-electron chi connectivity index (χ1n) is 7.10. The number of amides is 1. The van der Waals surface area contributed by atoms with E-state index < -0.39 is 0 Å². The first-order chi connectivity index (χ1) is 8.70. The minimum atomic E-state index is -0.174. The molecule has 0 spiro atoms. The number of unbranched alkanes of at least 4 members (excludes halogenated alkanes) is 1. The van der Waals surface area contributed by atoms with Crippen molar-refractivity contribution in [1.82, 2.24) is 0 Å². The summed E-state index contributed by atoms with van der Waals surface area (Å²) >= 11 is 0. The molecule has 0 bridgehead atoms. The lowest BCUT2D eigenvalue weighted by Gasteiger charge is -2.25. The predicted molar refractivity (Wildman–Crippen MR) is 74.5 cm³/mol. The number of fused-ring (bicyclic) bond motifs is 1. The Bertz CT molecular complexity index is 425. The Morgan fingerprint density at radius 3 is 3.00 bits per heavy atom. The van der Waals surface area contributed by atoms with E-state index in [2.05, 4.69) is 25.1 Å². The van der Waals surface area contributed by atoms with E-state index >= 15 is 0 Å². The first-order valence-corrected chi connectivity index (χ1v) is 7.10. The van der Waals surface area contributed by atoms with Gasteiger partial charge >= 0.3 is 0 Å². The molecule has 98 valence electrons. The van der Waals surface area contributed by atoms with Gasteiger partial charge in [-0.15, -0.1) is 0 Å². The fourth-order valence-electron chi connectivity index (χ4n) is 2.94. The summed E-state index contributed by atoms with van der Waals surface area (Å²) in [5, 5.41) is 0. The van der Waals surface area contributed by atoms with Crippen LogP contribution in [0.2, 0.25) is 0 Å². The van der Waals surface area contributed by atoms with Gasteiger partial charge in [0.2, 0.25) is 5.91 Å². The van der Waals surface area contributed by atoms with Crippen molar-refractivity contribution < 1.29 is 4.79 Å². The number of benzene rings is 1. The maximum atomic E-state index is 11.2. The molecule has 18 heavy (non-hydrogen) atoms. The number of rotatable bonds is 5. The molecule has 0 aliphatic heterocycles. The monoisotopic (exact) mass is 245 g/mol. The zero-order chi connectivity index (χ0) is 13.0. The van der Waals surface area contributed by atoms with Gasteiger partial charge in [-0.25, -0.2) is 0 Å². The quantitative estimate of drug-likeness (QED) is 0.849. The summed E-state index contributed by atoms with van der Waals surface area (Å²) in [7, 11) is 0. The number of nitrogens with two attached hydrogens (primary N) is 1. The Morgan fingerprint density at radius 1 is 1.44 bits per heavy atom. The minimum Gasteiger partial charge on any atom is -0.370 e. The SMILES string of the molecule is CCCCc1ccc2c(c1)C(CC(N)=O)CCC2.